The van der Waals surface area contributed by atoms with Gasteiger partial charge in [-0.25, -0.2) is 19.0 Å². The van der Waals surface area contributed by atoms with Gasteiger partial charge in [-0.05, 0) is 60.9 Å². The number of alkyl halides is 1. The summed E-state index contributed by atoms with van der Waals surface area (Å²) in [5.41, 5.74) is 11.0. The predicted octanol–water partition coefficient (Wildman–Crippen LogP) is 4.49. The van der Waals surface area contributed by atoms with Gasteiger partial charge in [0.15, 0.2) is 17.3 Å². The summed E-state index contributed by atoms with van der Waals surface area (Å²) in [5.74, 6) is 1.55. The van der Waals surface area contributed by atoms with Gasteiger partial charge in [-0.1, -0.05) is 25.6 Å². The summed E-state index contributed by atoms with van der Waals surface area (Å²) in [6.07, 6.45) is 7.27. The van der Waals surface area contributed by atoms with Gasteiger partial charge < -0.3 is 11.1 Å². The molecule has 0 saturated carbocycles. The lowest BCUT2D eigenvalue weighted by Gasteiger charge is -2.21. The quantitative estimate of drug-likeness (QED) is 0.212. The predicted molar refractivity (Wildman–Crippen MR) is 146 cm³/mol. The topological polar surface area (TPSA) is 98.9 Å². The van der Waals surface area contributed by atoms with Crippen LogP contribution in [0.5, 0.6) is 0 Å². The van der Waals surface area contributed by atoms with Crippen molar-refractivity contribution in [1.82, 2.24) is 29.6 Å². The average Bonchev–Trinajstić information content (AvgIpc) is 3.64. The summed E-state index contributed by atoms with van der Waals surface area (Å²) < 4.78 is 18.8. The molecule has 5 rings (SSSR count). The molecule has 37 heavy (non-hydrogen) atoms. The Bertz CT molecular complexity index is 1500. The van der Waals surface area contributed by atoms with Crippen LogP contribution in [0.3, 0.4) is 0 Å². The molecule has 0 saturated heterocycles. The van der Waals surface area contributed by atoms with Gasteiger partial charge in [0.1, 0.15) is 17.5 Å². The van der Waals surface area contributed by atoms with Crippen molar-refractivity contribution in [3.8, 4) is 11.5 Å². The van der Waals surface area contributed by atoms with Crippen LogP contribution in [0, 0.1) is 0 Å². The third-order valence-electron chi connectivity index (χ3n) is 6.84. The Morgan fingerprint density at radius 3 is 2.86 bits per heavy atom. The maximum absolute atomic E-state index is 15.1. The van der Waals surface area contributed by atoms with Crippen LogP contribution in [0.25, 0.3) is 28.2 Å². The number of imidazole rings is 1. The number of rotatable bonds is 8. The van der Waals surface area contributed by atoms with E-state index >= 15 is 4.39 Å². The van der Waals surface area contributed by atoms with Crippen molar-refractivity contribution >= 4 is 22.6 Å². The number of allylic oxidation sites excluding steroid dienone is 2. The Kier molecular flexibility index (Phi) is 6.71. The van der Waals surface area contributed by atoms with E-state index in [0.29, 0.717) is 40.6 Å². The molecule has 0 spiro atoms. The van der Waals surface area contributed by atoms with Gasteiger partial charge in [0.05, 0.1) is 11.6 Å². The molecular formula is C28H31FN8. The summed E-state index contributed by atoms with van der Waals surface area (Å²) >= 11 is 0. The van der Waals surface area contributed by atoms with Crippen LogP contribution in [0.4, 0.5) is 4.39 Å². The molecule has 3 atom stereocenters. The Labute approximate surface area is 215 Å². The Morgan fingerprint density at radius 1 is 1.32 bits per heavy atom. The van der Waals surface area contributed by atoms with Gasteiger partial charge in [0.25, 0.3) is 0 Å². The van der Waals surface area contributed by atoms with Crippen LogP contribution >= 0.6 is 0 Å². The molecule has 9 heteroatoms. The first-order valence-corrected chi connectivity index (χ1v) is 12.4. The highest BCUT2D eigenvalue weighted by molar-refractivity contribution is 6.21. The lowest BCUT2D eigenvalue weighted by atomic mass is 10.1. The fraction of sp³-hybridized carbons (Fsp3) is 0.286. The second-order valence-electron chi connectivity index (χ2n) is 9.22. The zero-order valence-electron chi connectivity index (χ0n) is 21.3. The number of benzene rings is 1. The molecule has 1 aromatic carbocycles. The molecule has 3 N–H and O–H groups in total. The number of nitrogens with zero attached hydrogens (tertiary/aromatic N) is 6. The number of halogens is 1. The van der Waals surface area contributed by atoms with Crippen LogP contribution in [-0.2, 0) is 6.42 Å². The number of aromatic nitrogens is 5. The van der Waals surface area contributed by atoms with Gasteiger partial charge in [-0.2, -0.15) is 5.10 Å². The van der Waals surface area contributed by atoms with Crippen molar-refractivity contribution in [2.45, 2.75) is 44.9 Å². The minimum atomic E-state index is -0.984. The number of nitrogens with two attached hydrogens (primary N) is 1. The highest BCUT2D eigenvalue weighted by atomic mass is 19.1. The second kappa shape index (κ2) is 10.1. The van der Waals surface area contributed by atoms with E-state index < -0.39 is 6.17 Å². The molecule has 1 aliphatic rings. The summed E-state index contributed by atoms with van der Waals surface area (Å²) in [7, 11) is 1.63. The Balaban J connectivity index is 1.71. The number of aliphatic imine (C=N–C) groups is 1. The van der Waals surface area contributed by atoms with Gasteiger partial charge in [0, 0.05) is 37.6 Å². The SMILES string of the molecule is C=C/C=C(\C(N)=NC)c1nc2ccc(-n3cccn3)nc2n1-c1ccc2c(c1)CC(F)C2NC(C)CC. The molecule has 0 bridgehead atoms. The number of hydrogen-bond acceptors (Lipinski definition) is 5. The van der Waals surface area contributed by atoms with Crippen molar-refractivity contribution in [3.63, 3.8) is 0 Å². The average molecular weight is 499 g/mol. The van der Waals surface area contributed by atoms with Gasteiger partial charge in [0.2, 0.25) is 0 Å². The summed E-state index contributed by atoms with van der Waals surface area (Å²) in [6.45, 7) is 8.02. The van der Waals surface area contributed by atoms with Crippen LogP contribution in [0.2, 0.25) is 0 Å². The lowest BCUT2D eigenvalue weighted by molar-refractivity contribution is 0.255. The van der Waals surface area contributed by atoms with E-state index in [2.05, 4.69) is 35.8 Å². The number of amidine groups is 1. The maximum atomic E-state index is 15.1. The van der Waals surface area contributed by atoms with E-state index in [9.17, 15) is 0 Å². The Hall–Kier alpha value is -4.11. The van der Waals surface area contributed by atoms with Crippen molar-refractivity contribution < 1.29 is 4.39 Å². The molecule has 0 aliphatic heterocycles. The fourth-order valence-corrected chi connectivity index (χ4v) is 4.77. The van der Waals surface area contributed by atoms with Crippen LogP contribution in [0.15, 0.2) is 72.5 Å². The molecule has 4 aromatic rings. The molecule has 8 nitrogen and oxygen atoms in total. The molecule has 190 valence electrons. The summed E-state index contributed by atoms with van der Waals surface area (Å²) in [6, 6.07) is 11.5. The minimum Gasteiger partial charge on any atom is -0.383 e. The van der Waals surface area contributed by atoms with E-state index in [0.717, 1.165) is 23.2 Å². The first-order chi connectivity index (χ1) is 17.9. The molecule has 0 fully saturated rings. The third kappa shape index (κ3) is 4.46. The van der Waals surface area contributed by atoms with Crippen molar-refractivity contribution in [2.24, 2.45) is 10.7 Å². The second-order valence-corrected chi connectivity index (χ2v) is 9.22. The molecule has 3 unspecified atom stereocenters. The van der Waals surface area contributed by atoms with Crippen molar-refractivity contribution in [3.05, 3.63) is 84.5 Å². The minimum absolute atomic E-state index is 0.228. The third-order valence-corrected chi connectivity index (χ3v) is 6.84. The smallest absolute Gasteiger partial charge is 0.167 e. The lowest BCUT2D eigenvalue weighted by Crippen LogP contribution is -2.33. The molecule has 0 amide bonds. The molecule has 1 aliphatic carbocycles. The molecular weight excluding hydrogens is 467 g/mol. The summed E-state index contributed by atoms with van der Waals surface area (Å²) in [5, 5.41) is 7.76. The standard InChI is InChI=1S/C28H31FN8/c1-5-8-21(26(30)31-4)27-34-23-11-12-24(36-14-7-13-32-36)35-28(23)37(27)19-9-10-20-18(15-19)16-22(29)25(20)33-17(3)6-2/h5,7-15,17,22,25,33H,1,6,16H2,2-4H3,(H2,30,31)/b21-8+. The fourth-order valence-electron chi connectivity index (χ4n) is 4.77. The van der Waals surface area contributed by atoms with Crippen molar-refractivity contribution in [1.29, 1.82) is 0 Å². The largest absolute Gasteiger partial charge is 0.383 e. The zero-order chi connectivity index (χ0) is 26.1. The highest BCUT2D eigenvalue weighted by Gasteiger charge is 2.33. The normalized spacial score (nSPS) is 18.8. The van der Waals surface area contributed by atoms with E-state index in [4.69, 9.17) is 15.7 Å². The first-order valence-electron chi connectivity index (χ1n) is 12.4. The molecule has 3 aromatic heterocycles. The van der Waals surface area contributed by atoms with Gasteiger partial charge in [-0.15, -0.1) is 0 Å². The Morgan fingerprint density at radius 2 is 2.16 bits per heavy atom. The number of hydrogen-bond donors (Lipinski definition) is 2. The number of fused-ring (bicyclic) bond motifs is 2. The number of nitrogens with one attached hydrogen (secondary N) is 1. The highest BCUT2D eigenvalue weighted by Crippen LogP contribution is 2.36. The van der Waals surface area contributed by atoms with Gasteiger partial charge in [-0.3, -0.25) is 9.56 Å². The molecule has 3 heterocycles. The molecule has 0 radical (unpaired) electrons. The number of pyridine rings is 1. The maximum Gasteiger partial charge on any atom is 0.167 e. The zero-order valence-corrected chi connectivity index (χ0v) is 21.3. The first kappa shape index (κ1) is 24.6. The van der Waals surface area contributed by atoms with E-state index in [1.165, 1.54) is 0 Å². The van der Waals surface area contributed by atoms with E-state index in [-0.39, 0.29) is 12.1 Å². The van der Waals surface area contributed by atoms with Gasteiger partial charge >= 0.3 is 0 Å². The van der Waals surface area contributed by atoms with E-state index in [1.54, 1.807) is 30.1 Å². The summed E-state index contributed by atoms with van der Waals surface area (Å²) in [4.78, 5) is 14.0. The van der Waals surface area contributed by atoms with Crippen molar-refractivity contribution in [2.75, 3.05) is 7.05 Å². The van der Waals surface area contributed by atoms with Crippen LogP contribution < -0.4 is 11.1 Å². The van der Waals surface area contributed by atoms with Crippen LogP contribution in [-0.4, -0.2) is 49.4 Å². The monoisotopic (exact) mass is 498 g/mol. The van der Waals surface area contributed by atoms with Crippen LogP contribution in [0.1, 0.15) is 43.3 Å². The van der Waals surface area contributed by atoms with E-state index in [1.807, 2.05) is 47.2 Å².